The van der Waals surface area contributed by atoms with Crippen molar-refractivity contribution in [3.8, 4) is 5.75 Å². The summed E-state index contributed by atoms with van der Waals surface area (Å²) in [7, 11) is 2.83. The fraction of sp³-hybridized carbons (Fsp3) is 0.429. The van der Waals surface area contributed by atoms with Crippen molar-refractivity contribution in [2.75, 3.05) is 31.4 Å². The van der Waals surface area contributed by atoms with Gasteiger partial charge in [-0.1, -0.05) is 0 Å². The Balaban J connectivity index is 2.33. The molecule has 1 aromatic rings. The van der Waals surface area contributed by atoms with Gasteiger partial charge in [0.25, 0.3) is 0 Å². The first-order chi connectivity index (χ1) is 9.60. The van der Waals surface area contributed by atoms with Gasteiger partial charge in [-0.05, 0) is 29.9 Å². The molecule has 20 heavy (non-hydrogen) atoms. The number of hydrogen-bond donors (Lipinski definition) is 1. The molecule has 1 aliphatic heterocycles. The van der Waals surface area contributed by atoms with Crippen LogP contribution in [0, 0.1) is 5.92 Å². The smallest absolute Gasteiger partial charge is 0.337 e. The molecule has 1 amide bonds. The molecule has 6 heteroatoms. The van der Waals surface area contributed by atoms with E-state index in [0.29, 0.717) is 35.7 Å². The van der Waals surface area contributed by atoms with Gasteiger partial charge in [-0.15, -0.1) is 0 Å². The Bertz CT molecular complexity index is 532. The summed E-state index contributed by atoms with van der Waals surface area (Å²) < 4.78 is 9.96. The number of anilines is 1. The van der Waals surface area contributed by atoms with Crippen molar-refractivity contribution in [3.05, 3.63) is 23.8 Å². The lowest BCUT2D eigenvalue weighted by atomic mass is 10.1. The van der Waals surface area contributed by atoms with Crippen molar-refractivity contribution < 1.29 is 19.1 Å². The fourth-order valence-corrected chi connectivity index (χ4v) is 2.53. The number of carbonyl (C=O) groups is 2. The molecule has 0 saturated carbocycles. The third-order valence-corrected chi connectivity index (χ3v) is 3.87. The molecule has 1 atom stereocenters. The van der Waals surface area contributed by atoms with E-state index in [1.807, 2.05) is 0 Å². The molecule has 1 heterocycles. The molecular formula is C14H17NO4S. The van der Waals surface area contributed by atoms with Gasteiger partial charge in [-0.25, -0.2) is 4.79 Å². The molecule has 0 aliphatic carbocycles. The van der Waals surface area contributed by atoms with E-state index >= 15 is 0 Å². The lowest BCUT2D eigenvalue weighted by molar-refractivity contribution is -0.117. The van der Waals surface area contributed by atoms with Crippen molar-refractivity contribution in [1.82, 2.24) is 0 Å². The summed E-state index contributed by atoms with van der Waals surface area (Å²) in [6.07, 6.45) is 0.491. The maximum atomic E-state index is 12.0. The second-order valence-corrected chi connectivity index (χ2v) is 5.00. The zero-order valence-electron chi connectivity index (χ0n) is 11.5. The van der Waals surface area contributed by atoms with Crippen LogP contribution in [0.25, 0.3) is 0 Å². The zero-order valence-corrected chi connectivity index (χ0v) is 12.4. The molecule has 1 saturated heterocycles. The highest BCUT2D eigenvalue weighted by atomic mass is 32.1. The topological polar surface area (TPSA) is 55.8 Å². The minimum atomic E-state index is -0.434. The Hall–Kier alpha value is -1.69. The van der Waals surface area contributed by atoms with E-state index in [1.54, 1.807) is 23.1 Å². The predicted molar refractivity (Wildman–Crippen MR) is 78.6 cm³/mol. The minimum Gasteiger partial charge on any atom is -0.495 e. The first kappa shape index (κ1) is 14.7. The van der Waals surface area contributed by atoms with E-state index in [1.165, 1.54) is 14.2 Å². The predicted octanol–water partition coefficient (Wildman–Crippen LogP) is 1.76. The second-order valence-electron chi connectivity index (χ2n) is 4.64. The summed E-state index contributed by atoms with van der Waals surface area (Å²) in [5.74, 6) is 1.02. The highest BCUT2D eigenvalue weighted by Gasteiger charge is 2.31. The number of hydrogen-bond acceptors (Lipinski definition) is 5. The Labute approximate surface area is 123 Å². The molecule has 0 spiro atoms. The third kappa shape index (κ3) is 2.75. The molecule has 108 valence electrons. The zero-order chi connectivity index (χ0) is 14.7. The van der Waals surface area contributed by atoms with Crippen molar-refractivity contribution in [1.29, 1.82) is 0 Å². The normalized spacial score (nSPS) is 18.2. The van der Waals surface area contributed by atoms with Gasteiger partial charge in [0, 0.05) is 13.0 Å². The molecule has 5 nitrogen and oxygen atoms in total. The maximum absolute atomic E-state index is 12.0. The van der Waals surface area contributed by atoms with Crippen LogP contribution >= 0.6 is 12.6 Å². The van der Waals surface area contributed by atoms with E-state index in [4.69, 9.17) is 4.74 Å². The number of benzene rings is 1. The number of methoxy groups -OCH3 is 2. The van der Waals surface area contributed by atoms with Crippen LogP contribution in [-0.2, 0) is 9.53 Å². The molecule has 2 rings (SSSR count). The molecule has 1 unspecified atom stereocenters. The van der Waals surface area contributed by atoms with Crippen molar-refractivity contribution in [2.45, 2.75) is 6.42 Å². The van der Waals surface area contributed by atoms with E-state index in [9.17, 15) is 9.59 Å². The van der Waals surface area contributed by atoms with Crippen LogP contribution in [0.5, 0.6) is 5.75 Å². The van der Waals surface area contributed by atoms with Gasteiger partial charge in [0.2, 0.25) is 5.91 Å². The summed E-state index contributed by atoms with van der Waals surface area (Å²) in [6.45, 7) is 0.621. The number of rotatable bonds is 4. The first-order valence-corrected chi connectivity index (χ1v) is 6.91. The number of nitrogens with zero attached hydrogens (tertiary/aromatic N) is 1. The summed E-state index contributed by atoms with van der Waals surface area (Å²) in [6, 6.07) is 4.93. The van der Waals surface area contributed by atoms with Crippen LogP contribution in [-0.4, -0.2) is 38.4 Å². The van der Waals surface area contributed by atoms with E-state index < -0.39 is 5.97 Å². The molecule has 0 radical (unpaired) electrons. The SMILES string of the molecule is COC(=O)c1ccc(N2CC(CS)CC2=O)c(OC)c1. The van der Waals surface area contributed by atoms with Crippen molar-refractivity contribution in [3.63, 3.8) is 0 Å². The second kappa shape index (κ2) is 6.17. The van der Waals surface area contributed by atoms with Gasteiger partial charge < -0.3 is 14.4 Å². The highest BCUT2D eigenvalue weighted by molar-refractivity contribution is 7.80. The van der Waals surface area contributed by atoms with Crippen molar-refractivity contribution >= 4 is 30.2 Å². The number of esters is 1. The summed E-state index contributed by atoms with van der Waals surface area (Å²) in [4.78, 5) is 25.2. The van der Waals surface area contributed by atoms with Crippen LogP contribution in [0.15, 0.2) is 18.2 Å². The molecule has 1 fully saturated rings. The molecule has 0 aromatic heterocycles. The standard InChI is InChI=1S/C14H17NO4S/c1-18-12-6-10(14(17)19-2)3-4-11(12)15-7-9(8-20)5-13(15)16/h3-4,6,9,20H,5,7-8H2,1-2H3. The average molecular weight is 295 g/mol. The molecular weight excluding hydrogens is 278 g/mol. The van der Waals surface area contributed by atoms with Crippen LogP contribution in [0.1, 0.15) is 16.8 Å². The Kier molecular flexibility index (Phi) is 4.54. The Morgan fingerprint density at radius 1 is 1.45 bits per heavy atom. The van der Waals surface area contributed by atoms with E-state index in [-0.39, 0.29) is 11.8 Å². The summed E-state index contributed by atoms with van der Waals surface area (Å²) >= 11 is 4.24. The largest absolute Gasteiger partial charge is 0.495 e. The minimum absolute atomic E-state index is 0.0492. The Morgan fingerprint density at radius 2 is 2.20 bits per heavy atom. The fourth-order valence-electron chi connectivity index (χ4n) is 2.28. The van der Waals surface area contributed by atoms with Gasteiger partial charge in [0.05, 0.1) is 25.5 Å². The summed E-state index contributed by atoms with van der Waals surface area (Å²) in [5.41, 5.74) is 1.07. The van der Waals surface area contributed by atoms with Gasteiger partial charge in [-0.3, -0.25) is 4.79 Å². The van der Waals surface area contributed by atoms with E-state index in [0.717, 1.165) is 0 Å². The van der Waals surface area contributed by atoms with Crippen LogP contribution in [0.3, 0.4) is 0 Å². The lowest BCUT2D eigenvalue weighted by Crippen LogP contribution is -2.25. The molecule has 1 aromatic carbocycles. The maximum Gasteiger partial charge on any atom is 0.337 e. The first-order valence-electron chi connectivity index (χ1n) is 6.28. The van der Waals surface area contributed by atoms with Gasteiger partial charge in [0.15, 0.2) is 0 Å². The quantitative estimate of drug-likeness (QED) is 0.679. The van der Waals surface area contributed by atoms with Crippen LogP contribution in [0.2, 0.25) is 0 Å². The van der Waals surface area contributed by atoms with Gasteiger partial charge in [-0.2, -0.15) is 12.6 Å². The summed E-state index contributed by atoms with van der Waals surface area (Å²) in [5, 5.41) is 0. The van der Waals surface area contributed by atoms with Gasteiger partial charge >= 0.3 is 5.97 Å². The number of carbonyl (C=O) groups excluding carboxylic acids is 2. The molecule has 0 bridgehead atoms. The average Bonchev–Trinajstić information content (AvgIpc) is 2.86. The highest BCUT2D eigenvalue weighted by Crippen LogP contribution is 2.34. The Morgan fingerprint density at radius 3 is 2.75 bits per heavy atom. The van der Waals surface area contributed by atoms with Crippen molar-refractivity contribution in [2.24, 2.45) is 5.92 Å². The van der Waals surface area contributed by atoms with Crippen LogP contribution < -0.4 is 9.64 Å². The van der Waals surface area contributed by atoms with E-state index in [2.05, 4.69) is 17.4 Å². The number of ether oxygens (including phenoxy) is 2. The number of thiol groups is 1. The number of amides is 1. The lowest BCUT2D eigenvalue weighted by Gasteiger charge is -2.20. The monoisotopic (exact) mass is 295 g/mol. The van der Waals surface area contributed by atoms with Gasteiger partial charge in [0.1, 0.15) is 5.75 Å². The molecule has 1 aliphatic rings. The third-order valence-electron chi connectivity index (χ3n) is 3.35. The molecule has 0 N–H and O–H groups in total. The van der Waals surface area contributed by atoms with Crippen LogP contribution in [0.4, 0.5) is 5.69 Å².